The molecule has 2 heterocycles. The number of carbonyl (C=O) groups is 1. The van der Waals surface area contributed by atoms with E-state index in [2.05, 4.69) is 5.32 Å². The minimum Gasteiger partial charge on any atom is -0.478 e. The van der Waals surface area contributed by atoms with Crippen molar-refractivity contribution in [3.63, 3.8) is 0 Å². The van der Waals surface area contributed by atoms with E-state index in [-0.39, 0.29) is 17.5 Å². The molecule has 0 bridgehead atoms. The first-order valence-corrected chi connectivity index (χ1v) is 9.25. The second kappa shape index (κ2) is 6.97. The van der Waals surface area contributed by atoms with Crippen LogP contribution in [0.4, 0.5) is 18.9 Å². The lowest BCUT2D eigenvalue weighted by Gasteiger charge is -2.43. The van der Waals surface area contributed by atoms with Gasteiger partial charge in [0.1, 0.15) is 0 Å². The van der Waals surface area contributed by atoms with Crippen molar-refractivity contribution in [1.82, 2.24) is 0 Å². The van der Waals surface area contributed by atoms with Gasteiger partial charge in [0.2, 0.25) is 0 Å². The smallest absolute Gasteiger partial charge is 0.416 e. The molecule has 2 aliphatic heterocycles. The van der Waals surface area contributed by atoms with Gasteiger partial charge in [-0.3, -0.25) is 0 Å². The monoisotopic (exact) mass is 411 g/mol. The van der Waals surface area contributed by atoms with Gasteiger partial charge in [-0.15, -0.1) is 0 Å². The number of benzene rings is 2. The van der Waals surface area contributed by atoms with E-state index in [9.17, 15) is 18.0 Å². The van der Waals surface area contributed by atoms with Gasteiger partial charge in [0, 0.05) is 28.8 Å². The minimum atomic E-state index is -4.42. The third-order valence-corrected chi connectivity index (χ3v) is 5.70. The molecule has 8 heteroatoms. The lowest BCUT2D eigenvalue weighted by molar-refractivity contribution is -0.137. The fourth-order valence-corrected chi connectivity index (χ4v) is 4.37. The number of anilines is 1. The van der Waals surface area contributed by atoms with Crippen molar-refractivity contribution in [2.75, 3.05) is 11.9 Å². The number of hydrogen-bond donors (Lipinski definition) is 2. The molecule has 0 spiro atoms. The summed E-state index contributed by atoms with van der Waals surface area (Å²) in [4.78, 5) is 11.2. The van der Waals surface area contributed by atoms with Crippen LogP contribution in [0.1, 0.15) is 52.0 Å². The zero-order valence-electron chi connectivity index (χ0n) is 14.6. The van der Waals surface area contributed by atoms with Gasteiger partial charge in [-0.2, -0.15) is 13.2 Å². The van der Waals surface area contributed by atoms with Gasteiger partial charge < -0.3 is 15.2 Å². The summed E-state index contributed by atoms with van der Waals surface area (Å²) < 4.78 is 45.3. The minimum absolute atomic E-state index is 0.0798. The standard InChI is InChI=1S/C20H17ClF3NO3/c21-15-8-10(19(26)27)3-5-12(15)17-13-2-1-7-28-18(13)14-9-11(20(22,23)24)4-6-16(14)25-17/h3-6,8-9,13,17-18,25H,1-2,7H2,(H,26,27)/t13-,17-,18-/m1/s1. The van der Waals surface area contributed by atoms with Crippen LogP contribution in [0, 0.1) is 5.92 Å². The second-order valence-corrected chi connectivity index (χ2v) is 7.47. The predicted molar refractivity (Wildman–Crippen MR) is 97.6 cm³/mol. The predicted octanol–water partition coefficient (Wildman–Crippen LogP) is 5.69. The molecule has 2 N–H and O–H groups in total. The Balaban J connectivity index is 1.77. The van der Waals surface area contributed by atoms with Gasteiger partial charge in [0.25, 0.3) is 0 Å². The number of nitrogens with one attached hydrogen (secondary N) is 1. The first-order chi connectivity index (χ1) is 13.3. The van der Waals surface area contributed by atoms with Crippen molar-refractivity contribution in [3.05, 3.63) is 63.7 Å². The van der Waals surface area contributed by atoms with E-state index < -0.39 is 23.8 Å². The number of hydrogen-bond acceptors (Lipinski definition) is 3. The molecular weight excluding hydrogens is 395 g/mol. The van der Waals surface area contributed by atoms with Crippen LogP contribution in [0.5, 0.6) is 0 Å². The summed E-state index contributed by atoms with van der Waals surface area (Å²) in [6.45, 7) is 0.481. The average Bonchev–Trinajstić information content (AvgIpc) is 2.66. The number of rotatable bonds is 2. The molecule has 3 atom stereocenters. The molecule has 4 nitrogen and oxygen atoms in total. The molecule has 148 valence electrons. The fourth-order valence-electron chi connectivity index (χ4n) is 4.07. The third kappa shape index (κ3) is 3.33. The highest BCUT2D eigenvalue weighted by Crippen LogP contribution is 2.51. The molecule has 2 aliphatic rings. The van der Waals surface area contributed by atoms with Gasteiger partial charge in [-0.25, -0.2) is 4.79 Å². The number of carboxylic acid groups (broad SMARTS) is 1. The highest BCUT2D eigenvalue weighted by molar-refractivity contribution is 6.31. The molecule has 2 aromatic rings. The largest absolute Gasteiger partial charge is 0.478 e. The molecule has 0 saturated carbocycles. The molecule has 4 rings (SSSR count). The third-order valence-electron chi connectivity index (χ3n) is 5.38. The number of halogens is 4. The van der Waals surface area contributed by atoms with Crippen LogP contribution in [0.15, 0.2) is 36.4 Å². The van der Waals surface area contributed by atoms with Crippen LogP contribution in [0.3, 0.4) is 0 Å². The lowest BCUT2D eigenvalue weighted by Crippen LogP contribution is -2.36. The van der Waals surface area contributed by atoms with Crippen molar-refractivity contribution in [2.24, 2.45) is 5.92 Å². The van der Waals surface area contributed by atoms with Gasteiger partial charge in [0.15, 0.2) is 0 Å². The maximum atomic E-state index is 13.2. The number of carboxylic acids is 1. The zero-order chi connectivity index (χ0) is 20.1. The first-order valence-electron chi connectivity index (χ1n) is 8.88. The van der Waals surface area contributed by atoms with Gasteiger partial charge in [-0.1, -0.05) is 17.7 Å². The quantitative estimate of drug-likeness (QED) is 0.666. The van der Waals surface area contributed by atoms with E-state index in [1.807, 2.05) is 0 Å². The molecule has 0 unspecified atom stereocenters. The second-order valence-electron chi connectivity index (χ2n) is 7.06. The van der Waals surface area contributed by atoms with Crippen LogP contribution in [0.25, 0.3) is 0 Å². The van der Waals surface area contributed by atoms with Crippen molar-refractivity contribution < 1.29 is 27.8 Å². The molecular formula is C20H17ClF3NO3. The van der Waals surface area contributed by atoms with E-state index in [4.69, 9.17) is 21.4 Å². The summed E-state index contributed by atoms with van der Waals surface area (Å²) in [5, 5.41) is 12.7. The highest BCUT2D eigenvalue weighted by atomic mass is 35.5. The SMILES string of the molecule is O=C(O)c1ccc([C@H]2Nc3ccc(C(F)(F)F)cc3[C@@H]3OCCC[C@H]23)c(Cl)c1. The van der Waals surface area contributed by atoms with Crippen LogP contribution >= 0.6 is 11.6 Å². The number of fused-ring (bicyclic) bond motifs is 3. The van der Waals surface area contributed by atoms with E-state index in [1.54, 1.807) is 6.07 Å². The average molecular weight is 412 g/mol. The summed E-state index contributed by atoms with van der Waals surface area (Å²) >= 11 is 6.36. The molecule has 1 fully saturated rings. The number of alkyl halides is 3. The maximum Gasteiger partial charge on any atom is 0.416 e. The highest BCUT2D eigenvalue weighted by Gasteiger charge is 2.42. The Morgan fingerprint density at radius 3 is 2.64 bits per heavy atom. The Bertz CT molecular complexity index is 931. The molecule has 0 amide bonds. The molecule has 2 aromatic carbocycles. The normalized spacial score (nSPS) is 24.1. The molecule has 0 radical (unpaired) electrons. The maximum absolute atomic E-state index is 13.2. The Hall–Kier alpha value is -2.25. The summed E-state index contributed by atoms with van der Waals surface area (Å²) in [7, 11) is 0. The van der Waals surface area contributed by atoms with Crippen LogP contribution in [-0.2, 0) is 10.9 Å². The fraction of sp³-hybridized carbons (Fsp3) is 0.350. The summed E-state index contributed by atoms with van der Waals surface area (Å²) in [6.07, 6.45) is -3.35. The van der Waals surface area contributed by atoms with E-state index >= 15 is 0 Å². The van der Waals surface area contributed by atoms with E-state index in [0.29, 0.717) is 28.4 Å². The van der Waals surface area contributed by atoms with Gasteiger partial charge >= 0.3 is 12.1 Å². The Morgan fingerprint density at radius 1 is 1.18 bits per heavy atom. The van der Waals surface area contributed by atoms with Gasteiger partial charge in [0.05, 0.1) is 23.3 Å². The number of aromatic carboxylic acids is 1. The van der Waals surface area contributed by atoms with E-state index in [1.165, 1.54) is 18.2 Å². The topological polar surface area (TPSA) is 58.6 Å². The Kier molecular flexibility index (Phi) is 4.75. The van der Waals surface area contributed by atoms with Gasteiger partial charge in [-0.05, 0) is 48.7 Å². The summed E-state index contributed by atoms with van der Waals surface area (Å²) in [5.41, 5.74) is 1.14. The lowest BCUT2D eigenvalue weighted by atomic mass is 9.77. The molecule has 28 heavy (non-hydrogen) atoms. The van der Waals surface area contributed by atoms with Crippen molar-refractivity contribution >= 4 is 23.3 Å². The molecule has 0 aromatic heterocycles. The van der Waals surface area contributed by atoms with E-state index in [0.717, 1.165) is 25.0 Å². The zero-order valence-corrected chi connectivity index (χ0v) is 15.3. The molecule has 0 aliphatic carbocycles. The first kappa shape index (κ1) is 19.1. The Morgan fingerprint density at radius 2 is 1.96 bits per heavy atom. The van der Waals surface area contributed by atoms with Crippen molar-refractivity contribution in [3.8, 4) is 0 Å². The Labute approximate surface area is 164 Å². The van der Waals surface area contributed by atoms with Crippen LogP contribution in [-0.4, -0.2) is 17.7 Å². The van der Waals surface area contributed by atoms with Crippen LogP contribution in [0.2, 0.25) is 5.02 Å². The number of ether oxygens (including phenoxy) is 1. The summed E-state index contributed by atoms with van der Waals surface area (Å²) in [5.74, 6) is -1.19. The van der Waals surface area contributed by atoms with Crippen LogP contribution < -0.4 is 5.32 Å². The molecule has 1 saturated heterocycles. The summed E-state index contributed by atoms with van der Waals surface area (Å²) in [6, 6.07) is 7.85. The van der Waals surface area contributed by atoms with Crippen molar-refractivity contribution in [2.45, 2.75) is 31.2 Å². The van der Waals surface area contributed by atoms with Crippen molar-refractivity contribution in [1.29, 1.82) is 0 Å².